The zero-order chi connectivity index (χ0) is 17.0. The van der Waals surface area contributed by atoms with E-state index in [1.165, 1.54) is 36.4 Å². The number of hydrogen-bond donors (Lipinski definition) is 0. The molecule has 1 atom stereocenters. The Morgan fingerprint density at radius 3 is 1.87 bits per heavy atom. The molecule has 122 valence electrons. The molecule has 4 heteroatoms. The number of nitrogens with zero attached hydrogens (tertiary/aromatic N) is 1. The molecule has 23 heavy (non-hydrogen) atoms. The largest absolute Gasteiger partial charge is 0.297 e. The minimum atomic E-state index is -0.754. The Bertz CT molecular complexity index is 665. The first kappa shape index (κ1) is 17.3. The third-order valence-electron chi connectivity index (χ3n) is 4.38. The molecule has 0 aliphatic heterocycles. The Morgan fingerprint density at radius 1 is 0.957 bits per heavy atom. The van der Waals surface area contributed by atoms with Gasteiger partial charge < -0.3 is 0 Å². The van der Waals surface area contributed by atoms with Gasteiger partial charge in [-0.3, -0.25) is 9.69 Å². The Hall–Kier alpha value is -2.07. The fourth-order valence-electron chi connectivity index (χ4n) is 2.85. The molecule has 2 aromatic rings. The predicted octanol–water partition coefficient (Wildman–Crippen LogP) is 4.10. The zero-order valence-corrected chi connectivity index (χ0v) is 13.6. The third kappa shape index (κ3) is 3.64. The third-order valence-corrected chi connectivity index (χ3v) is 4.38. The summed E-state index contributed by atoms with van der Waals surface area (Å²) < 4.78 is 26.2. The van der Waals surface area contributed by atoms with Crippen LogP contribution in [0.2, 0.25) is 0 Å². The maximum absolute atomic E-state index is 13.1. The maximum atomic E-state index is 13.1. The minimum absolute atomic E-state index is 0.0608. The molecule has 0 saturated carbocycles. The van der Waals surface area contributed by atoms with Crippen LogP contribution in [0, 0.1) is 11.6 Å². The fraction of sp³-hybridized carbons (Fsp3) is 0.316. The van der Waals surface area contributed by atoms with Gasteiger partial charge in [-0.15, -0.1) is 0 Å². The van der Waals surface area contributed by atoms with E-state index in [2.05, 4.69) is 0 Å². The second kappa shape index (κ2) is 7.01. The van der Waals surface area contributed by atoms with Crippen molar-refractivity contribution in [2.75, 3.05) is 14.1 Å². The van der Waals surface area contributed by atoms with Crippen molar-refractivity contribution in [2.24, 2.45) is 0 Å². The number of Topliss-reactive ketones (excluding diaryl/α,β-unsaturated/α-hetero) is 1. The highest BCUT2D eigenvalue weighted by Crippen LogP contribution is 2.28. The second-order valence-electron chi connectivity index (χ2n) is 5.92. The molecule has 0 aliphatic carbocycles. The fourth-order valence-corrected chi connectivity index (χ4v) is 2.85. The standard InChI is InChI=1S/C19H21F2NO/c1-4-19(22(2)3,13-14-5-9-16(20)10-6-14)18(23)15-7-11-17(21)12-8-15/h5-12H,4,13H2,1-3H3. The number of benzene rings is 2. The van der Waals surface area contributed by atoms with Crippen molar-refractivity contribution in [3.8, 4) is 0 Å². The molecule has 0 aliphatic rings. The predicted molar refractivity (Wildman–Crippen MR) is 87.5 cm³/mol. The Balaban J connectivity index is 2.40. The highest BCUT2D eigenvalue weighted by Gasteiger charge is 2.39. The summed E-state index contributed by atoms with van der Waals surface area (Å²) in [5.74, 6) is -0.730. The molecule has 0 bridgehead atoms. The molecular formula is C19H21F2NO. The van der Waals surface area contributed by atoms with Crippen molar-refractivity contribution in [2.45, 2.75) is 25.3 Å². The minimum Gasteiger partial charge on any atom is -0.297 e. The first-order valence-corrected chi connectivity index (χ1v) is 7.61. The molecule has 2 aromatic carbocycles. The van der Waals surface area contributed by atoms with Crippen molar-refractivity contribution in [1.29, 1.82) is 0 Å². The lowest BCUT2D eigenvalue weighted by Crippen LogP contribution is -2.52. The van der Waals surface area contributed by atoms with Gasteiger partial charge >= 0.3 is 0 Å². The SMILES string of the molecule is CCC(Cc1ccc(F)cc1)(C(=O)c1ccc(F)cc1)N(C)C. The lowest BCUT2D eigenvalue weighted by molar-refractivity contribution is 0.0666. The number of hydrogen-bond acceptors (Lipinski definition) is 2. The van der Waals surface area contributed by atoms with E-state index in [-0.39, 0.29) is 17.4 Å². The summed E-state index contributed by atoms with van der Waals surface area (Å²) in [7, 11) is 3.71. The maximum Gasteiger partial charge on any atom is 0.183 e. The summed E-state index contributed by atoms with van der Waals surface area (Å²) in [5.41, 5.74) is 0.608. The number of likely N-dealkylation sites (N-methyl/N-ethyl adjacent to an activating group) is 1. The number of halogens is 2. The van der Waals surface area contributed by atoms with E-state index in [1.807, 2.05) is 25.9 Å². The molecule has 2 nitrogen and oxygen atoms in total. The molecule has 1 unspecified atom stereocenters. The van der Waals surface area contributed by atoms with E-state index in [0.29, 0.717) is 18.4 Å². The highest BCUT2D eigenvalue weighted by molar-refractivity contribution is 6.03. The van der Waals surface area contributed by atoms with Crippen LogP contribution in [0.3, 0.4) is 0 Å². The quantitative estimate of drug-likeness (QED) is 0.748. The average Bonchev–Trinajstić information content (AvgIpc) is 2.54. The van der Waals surface area contributed by atoms with Crippen LogP contribution >= 0.6 is 0 Å². The monoisotopic (exact) mass is 317 g/mol. The van der Waals surface area contributed by atoms with Crippen molar-refractivity contribution in [3.63, 3.8) is 0 Å². The summed E-state index contributed by atoms with van der Waals surface area (Å²) >= 11 is 0. The van der Waals surface area contributed by atoms with Crippen LogP contribution in [0.25, 0.3) is 0 Å². The molecule has 0 aromatic heterocycles. The number of rotatable bonds is 6. The smallest absolute Gasteiger partial charge is 0.183 e. The van der Waals surface area contributed by atoms with Gasteiger partial charge in [0.05, 0.1) is 5.54 Å². The van der Waals surface area contributed by atoms with Crippen LogP contribution in [-0.2, 0) is 6.42 Å². The lowest BCUT2D eigenvalue weighted by Gasteiger charge is -2.38. The molecule has 0 heterocycles. The van der Waals surface area contributed by atoms with Gasteiger partial charge in [0, 0.05) is 5.56 Å². The Morgan fingerprint density at radius 2 is 1.43 bits per heavy atom. The van der Waals surface area contributed by atoms with E-state index in [4.69, 9.17) is 0 Å². The van der Waals surface area contributed by atoms with Gasteiger partial charge in [0.25, 0.3) is 0 Å². The summed E-state index contributed by atoms with van der Waals surface area (Å²) in [6.45, 7) is 1.95. The van der Waals surface area contributed by atoms with E-state index in [9.17, 15) is 13.6 Å². The van der Waals surface area contributed by atoms with Gasteiger partial charge in [0.15, 0.2) is 5.78 Å². The second-order valence-corrected chi connectivity index (χ2v) is 5.92. The van der Waals surface area contributed by atoms with E-state index >= 15 is 0 Å². The van der Waals surface area contributed by atoms with Crippen molar-refractivity contribution < 1.29 is 13.6 Å². The van der Waals surface area contributed by atoms with Crippen molar-refractivity contribution in [1.82, 2.24) is 4.90 Å². The number of carbonyl (C=O) groups is 1. The molecule has 0 amide bonds. The van der Waals surface area contributed by atoms with Crippen LogP contribution in [0.15, 0.2) is 48.5 Å². The van der Waals surface area contributed by atoms with Gasteiger partial charge in [-0.25, -0.2) is 8.78 Å². The van der Waals surface area contributed by atoms with Gasteiger partial charge in [-0.05, 0) is 68.9 Å². The van der Waals surface area contributed by atoms with Crippen molar-refractivity contribution >= 4 is 5.78 Å². The van der Waals surface area contributed by atoms with E-state index < -0.39 is 5.54 Å². The molecule has 0 fully saturated rings. The summed E-state index contributed by atoms with van der Waals surface area (Å²) in [4.78, 5) is 15.0. The average molecular weight is 317 g/mol. The van der Waals surface area contributed by atoms with Crippen LogP contribution < -0.4 is 0 Å². The summed E-state index contributed by atoms with van der Waals surface area (Å²) in [5, 5.41) is 0. The normalized spacial score (nSPS) is 13.8. The van der Waals surface area contributed by atoms with Crippen molar-refractivity contribution in [3.05, 3.63) is 71.3 Å². The van der Waals surface area contributed by atoms with Gasteiger partial charge in [-0.1, -0.05) is 19.1 Å². The van der Waals surface area contributed by atoms with E-state index in [0.717, 1.165) is 5.56 Å². The topological polar surface area (TPSA) is 20.3 Å². The van der Waals surface area contributed by atoms with Gasteiger partial charge in [-0.2, -0.15) is 0 Å². The highest BCUT2D eigenvalue weighted by atomic mass is 19.1. The Labute approximate surface area is 135 Å². The molecule has 0 spiro atoms. The van der Waals surface area contributed by atoms with Gasteiger partial charge in [0.2, 0.25) is 0 Å². The van der Waals surface area contributed by atoms with Crippen LogP contribution in [0.5, 0.6) is 0 Å². The first-order chi connectivity index (χ1) is 10.9. The zero-order valence-electron chi connectivity index (χ0n) is 13.6. The van der Waals surface area contributed by atoms with Crippen LogP contribution in [0.1, 0.15) is 29.3 Å². The number of ketones is 1. The molecule has 0 N–H and O–H groups in total. The number of carbonyl (C=O) groups excluding carboxylic acids is 1. The summed E-state index contributed by atoms with van der Waals surface area (Å²) in [6.07, 6.45) is 1.06. The van der Waals surface area contributed by atoms with Crippen LogP contribution in [0.4, 0.5) is 8.78 Å². The van der Waals surface area contributed by atoms with E-state index in [1.54, 1.807) is 12.1 Å². The molecule has 0 saturated heterocycles. The Kier molecular flexibility index (Phi) is 5.26. The first-order valence-electron chi connectivity index (χ1n) is 7.61. The van der Waals surface area contributed by atoms with Gasteiger partial charge in [0.1, 0.15) is 11.6 Å². The lowest BCUT2D eigenvalue weighted by atomic mass is 9.80. The molecule has 0 radical (unpaired) electrons. The van der Waals surface area contributed by atoms with Crippen LogP contribution in [-0.4, -0.2) is 30.3 Å². The molecule has 2 rings (SSSR count). The molecular weight excluding hydrogens is 296 g/mol. The summed E-state index contributed by atoms with van der Waals surface area (Å²) in [6, 6.07) is 11.8.